The van der Waals surface area contributed by atoms with Crippen LogP contribution in [0.15, 0.2) is 0 Å². The molecule has 1 aliphatic carbocycles. The van der Waals surface area contributed by atoms with Crippen molar-refractivity contribution in [2.75, 3.05) is 18.1 Å². The first-order valence-corrected chi connectivity index (χ1v) is 8.88. The van der Waals surface area contributed by atoms with E-state index in [9.17, 15) is 0 Å². The average molecular weight is 271 g/mol. The molecule has 0 amide bonds. The molecule has 18 heavy (non-hydrogen) atoms. The second-order valence-electron chi connectivity index (χ2n) is 6.08. The molecule has 1 aliphatic heterocycles. The summed E-state index contributed by atoms with van der Waals surface area (Å²) in [6.07, 6.45) is 10.3. The molecule has 106 valence electrons. The zero-order valence-electron chi connectivity index (χ0n) is 11.8. The van der Waals surface area contributed by atoms with Crippen LogP contribution in [0.5, 0.6) is 0 Å². The molecule has 2 atom stereocenters. The van der Waals surface area contributed by atoms with Gasteiger partial charge in [0.05, 0.1) is 5.60 Å². The Hall–Kier alpha value is 0.270. The topological polar surface area (TPSA) is 35.2 Å². The molecule has 2 aliphatic rings. The van der Waals surface area contributed by atoms with Gasteiger partial charge in [-0.25, -0.2) is 0 Å². The molecule has 2 N–H and O–H groups in total. The van der Waals surface area contributed by atoms with Gasteiger partial charge in [-0.3, -0.25) is 0 Å². The first-order chi connectivity index (χ1) is 8.76. The van der Waals surface area contributed by atoms with Crippen LogP contribution in [0.2, 0.25) is 0 Å². The van der Waals surface area contributed by atoms with Crippen molar-refractivity contribution < 1.29 is 4.74 Å². The van der Waals surface area contributed by atoms with Crippen LogP contribution in [0.3, 0.4) is 0 Å². The van der Waals surface area contributed by atoms with Crippen molar-refractivity contribution in [1.29, 1.82) is 0 Å². The standard InChI is InChI=1S/C15H29NOS/c1-2-10-18-12-14(16)13-6-9-17-15(11-13)7-4-3-5-8-15/h13-14H,2-12,16H2,1H3. The van der Waals surface area contributed by atoms with Gasteiger partial charge in [0, 0.05) is 18.4 Å². The summed E-state index contributed by atoms with van der Waals surface area (Å²) in [5, 5.41) is 0. The molecule has 0 aromatic rings. The van der Waals surface area contributed by atoms with E-state index in [1.54, 1.807) is 0 Å². The zero-order valence-corrected chi connectivity index (χ0v) is 12.6. The number of hydrogen-bond donors (Lipinski definition) is 1. The molecule has 2 unspecified atom stereocenters. The molecule has 1 spiro atoms. The number of nitrogens with two attached hydrogens (primary N) is 1. The van der Waals surface area contributed by atoms with Gasteiger partial charge in [0.15, 0.2) is 0 Å². The molecule has 1 saturated heterocycles. The highest BCUT2D eigenvalue weighted by atomic mass is 32.2. The van der Waals surface area contributed by atoms with E-state index in [1.807, 2.05) is 11.8 Å². The quantitative estimate of drug-likeness (QED) is 0.776. The highest BCUT2D eigenvalue weighted by Gasteiger charge is 2.39. The molecule has 2 rings (SSSR count). The number of rotatable bonds is 5. The minimum absolute atomic E-state index is 0.216. The van der Waals surface area contributed by atoms with Crippen LogP contribution in [0.25, 0.3) is 0 Å². The largest absolute Gasteiger partial charge is 0.375 e. The number of hydrogen-bond acceptors (Lipinski definition) is 3. The first kappa shape index (κ1) is 14.7. The molecule has 2 fully saturated rings. The fourth-order valence-corrected chi connectivity index (χ4v) is 4.48. The van der Waals surface area contributed by atoms with Crippen LogP contribution in [0.1, 0.15) is 58.3 Å². The Morgan fingerprint density at radius 1 is 1.33 bits per heavy atom. The third-order valence-corrected chi connectivity index (χ3v) is 5.88. The van der Waals surface area contributed by atoms with Crippen LogP contribution >= 0.6 is 11.8 Å². The third-order valence-electron chi connectivity index (χ3n) is 4.56. The molecule has 0 aromatic carbocycles. The summed E-state index contributed by atoms with van der Waals surface area (Å²) in [7, 11) is 0. The summed E-state index contributed by atoms with van der Waals surface area (Å²) in [4.78, 5) is 0. The summed E-state index contributed by atoms with van der Waals surface area (Å²) in [6.45, 7) is 3.18. The maximum absolute atomic E-state index is 6.40. The summed E-state index contributed by atoms with van der Waals surface area (Å²) < 4.78 is 6.15. The molecule has 2 nitrogen and oxygen atoms in total. The summed E-state index contributed by atoms with van der Waals surface area (Å²) in [5.74, 6) is 3.08. The molecule has 1 saturated carbocycles. The minimum Gasteiger partial charge on any atom is -0.375 e. The molecule has 0 bridgehead atoms. The third kappa shape index (κ3) is 3.88. The number of thioether (sulfide) groups is 1. The number of ether oxygens (including phenoxy) is 1. The second-order valence-corrected chi connectivity index (χ2v) is 7.23. The van der Waals surface area contributed by atoms with Gasteiger partial charge in [0.25, 0.3) is 0 Å². The highest BCUT2D eigenvalue weighted by Crippen LogP contribution is 2.41. The smallest absolute Gasteiger partial charge is 0.0685 e. The molecule has 1 heterocycles. The van der Waals surface area contributed by atoms with E-state index in [-0.39, 0.29) is 5.60 Å². The Bertz CT molecular complexity index is 235. The lowest BCUT2D eigenvalue weighted by molar-refractivity contribution is -0.119. The average Bonchev–Trinajstić information content (AvgIpc) is 2.40. The lowest BCUT2D eigenvalue weighted by Gasteiger charge is -2.45. The van der Waals surface area contributed by atoms with Gasteiger partial charge >= 0.3 is 0 Å². The monoisotopic (exact) mass is 271 g/mol. The molecule has 0 radical (unpaired) electrons. The Balaban J connectivity index is 1.81. The highest BCUT2D eigenvalue weighted by molar-refractivity contribution is 7.99. The normalized spacial score (nSPS) is 29.3. The summed E-state index contributed by atoms with van der Waals surface area (Å²) in [5.41, 5.74) is 6.62. The summed E-state index contributed by atoms with van der Waals surface area (Å²) in [6, 6.07) is 0.379. The molecular weight excluding hydrogens is 242 g/mol. The minimum atomic E-state index is 0.216. The Morgan fingerprint density at radius 3 is 2.83 bits per heavy atom. The van der Waals surface area contributed by atoms with E-state index >= 15 is 0 Å². The van der Waals surface area contributed by atoms with Gasteiger partial charge in [0.1, 0.15) is 0 Å². The van der Waals surface area contributed by atoms with Crippen molar-refractivity contribution in [2.24, 2.45) is 11.7 Å². The van der Waals surface area contributed by atoms with Crippen molar-refractivity contribution in [1.82, 2.24) is 0 Å². The van der Waals surface area contributed by atoms with E-state index in [2.05, 4.69) is 6.92 Å². The predicted octanol–water partition coefficient (Wildman–Crippen LogP) is 3.59. The summed E-state index contributed by atoms with van der Waals surface area (Å²) >= 11 is 2.02. The lowest BCUT2D eigenvalue weighted by Crippen LogP contribution is -2.47. The van der Waals surface area contributed by atoms with Crippen molar-refractivity contribution in [3.63, 3.8) is 0 Å². The second kappa shape index (κ2) is 7.16. The van der Waals surface area contributed by atoms with E-state index in [0.717, 1.165) is 12.4 Å². The van der Waals surface area contributed by atoms with Crippen LogP contribution in [0.4, 0.5) is 0 Å². The van der Waals surface area contributed by atoms with Crippen LogP contribution in [0, 0.1) is 5.92 Å². The van der Waals surface area contributed by atoms with Gasteiger partial charge in [-0.05, 0) is 43.8 Å². The van der Waals surface area contributed by atoms with Gasteiger partial charge in [-0.1, -0.05) is 26.2 Å². The molecule has 3 heteroatoms. The van der Waals surface area contributed by atoms with Crippen LogP contribution in [-0.4, -0.2) is 29.8 Å². The van der Waals surface area contributed by atoms with Crippen molar-refractivity contribution in [2.45, 2.75) is 69.9 Å². The van der Waals surface area contributed by atoms with Gasteiger partial charge in [0.2, 0.25) is 0 Å². The van der Waals surface area contributed by atoms with Crippen LogP contribution < -0.4 is 5.73 Å². The maximum atomic E-state index is 6.40. The zero-order chi connectivity index (χ0) is 12.8. The fraction of sp³-hybridized carbons (Fsp3) is 1.00. The van der Waals surface area contributed by atoms with Gasteiger partial charge in [-0.2, -0.15) is 11.8 Å². The van der Waals surface area contributed by atoms with Crippen molar-refractivity contribution >= 4 is 11.8 Å². The predicted molar refractivity (Wildman–Crippen MR) is 80.1 cm³/mol. The fourth-order valence-electron chi connectivity index (χ4n) is 3.48. The molecular formula is C15H29NOS. The van der Waals surface area contributed by atoms with E-state index in [0.29, 0.717) is 12.0 Å². The van der Waals surface area contributed by atoms with E-state index in [1.165, 1.54) is 57.1 Å². The Labute approximate surface area is 116 Å². The molecule has 0 aromatic heterocycles. The van der Waals surface area contributed by atoms with Crippen molar-refractivity contribution in [3.05, 3.63) is 0 Å². The SMILES string of the molecule is CCCSCC(N)C1CCOC2(CCCCC2)C1. The van der Waals surface area contributed by atoms with Gasteiger partial charge in [-0.15, -0.1) is 0 Å². The van der Waals surface area contributed by atoms with Gasteiger partial charge < -0.3 is 10.5 Å². The van der Waals surface area contributed by atoms with Crippen LogP contribution in [-0.2, 0) is 4.74 Å². The van der Waals surface area contributed by atoms with E-state index < -0.39 is 0 Å². The lowest BCUT2D eigenvalue weighted by atomic mass is 9.74. The van der Waals surface area contributed by atoms with Crippen molar-refractivity contribution in [3.8, 4) is 0 Å². The Kier molecular flexibility index (Phi) is 5.84. The van der Waals surface area contributed by atoms with E-state index in [4.69, 9.17) is 10.5 Å². The first-order valence-electron chi connectivity index (χ1n) is 7.73. The maximum Gasteiger partial charge on any atom is 0.0685 e. The Morgan fingerprint density at radius 2 is 2.11 bits per heavy atom.